The highest BCUT2D eigenvalue weighted by Gasteiger charge is 2.32. The lowest BCUT2D eigenvalue weighted by atomic mass is 9.91. The summed E-state index contributed by atoms with van der Waals surface area (Å²) in [6, 6.07) is 5.23. The second-order valence-electron chi connectivity index (χ2n) is 7.45. The Hall–Kier alpha value is -1.56. The Morgan fingerprint density at radius 3 is 2.42 bits per heavy atom. The average molecular weight is 368 g/mol. The molecule has 0 aromatic heterocycles. The number of piperidine rings is 2. The first-order chi connectivity index (χ1) is 12.4. The highest BCUT2D eigenvalue weighted by molar-refractivity contribution is 5.76. The molecule has 2 heterocycles. The van der Waals surface area contributed by atoms with Crippen LogP contribution in [0.3, 0.4) is 0 Å². The van der Waals surface area contributed by atoms with Gasteiger partial charge in [-0.3, -0.25) is 4.79 Å². The van der Waals surface area contributed by atoms with E-state index in [4.69, 9.17) is 0 Å². The van der Waals surface area contributed by atoms with Gasteiger partial charge in [-0.05, 0) is 75.2 Å². The van der Waals surface area contributed by atoms with Gasteiger partial charge in [0.15, 0.2) is 0 Å². The molecule has 2 fully saturated rings. The van der Waals surface area contributed by atoms with E-state index < -0.39 is 11.7 Å². The van der Waals surface area contributed by atoms with Gasteiger partial charge >= 0.3 is 6.18 Å². The molecule has 2 saturated heterocycles. The second-order valence-corrected chi connectivity index (χ2v) is 7.45. The predicted molar refractivity (Wildman–Crippen MR) is 94.6 cm³/mol. The first kappa shape index (κ1) is 19.2. The molecule has 1 atom stereocenters. The molecule has 3 rings (SSSR count). The minimum Gasteiger partial charge on any atom is -0.336 e. The number of hydrogen-bond donors (Lipinski definition) is 1. The summed E-state index contributed by atoms with van der Waals surface area (Å²) in [5.41, 5.74) is 0.175. The first-order valence-corrected chi connectivity index (χ1v) is 9.62. The Balaban J connectivity index is 1.64. The van der Waals surface area contributed by atoms with Crippen molar-refractivity contribution in [2.75, 3.05) is 19.6 Å². The van der Waals surface area contributed by atoms with E-state index in [9.17, 15) is 18.0 Å². The molecule has 2 aliphatic heterocycles. The van der Waals surface area contributed by atoms with Crippen molar-refractivity contribution in [1.29, 1.82) is 0 Å². The van der Waals surface area contributed by atoms with Crippen LogP contribution in [0.25, 0.3) is 0 Å². The van der Waals surface area contributed by atoms with E-state index in [2.05, 4.69) is 5.32 Å². The number of nitrogens with zero attached hydrogens (tertiary/aromatic N) is 1. The van der Waals surface area contributed by atoms with Gasteiger partial charge in [0.2, 0.25) is 5.91 Å². The fourth-order valence-corrected chi connectivity index (χ4v) is 4.11. The Morgan fingerprint density at radius 1 is 1.08 bits per heavy atom. The number of likely N-dealkylation sites (tertiary alicyclic amines) is 1. The molecule has 0 bridgehead atoms. The van der Waals surface area contributed by atoms with E-state index in [0.717, 1.165) is 69.3 Å². The summed E-state index contributed by atoms with van der Waals surface area (Å²) >= 11 is 0. The molecule has 1 aromatic carbocycles. The molecule has 2 aliphatic rings. The summed E-state index contributed by atoms with van der Waals surface area (Å²) in [4.78, 5) is 14.7. The monoisotopic (exact) mass is 368 g/mol. The van der Waals surface area contributed by atoms with Crippen LogP contribution in [0.1, 0.15) is 62.1 Å². The maximum Gasteiger partial charge on any atom is 0.416 e. The maximum atomic E-state index is 12.8. The van der Waals surface area contributed by atoms with E-state index in [1.165, 1.54) is 12.1 Å². The lowest BCUT2D eigenvalue weighted by Crippen LogP contribution is -2.39. The van der Waals surface area contributed by atoms with Crippen LogP contribution >= 0.6 is 0 Å². The molecule has 1 unspecified atom stereocenters. The van der Waals surface area contributed by atoms with Crippen LogP contribution in [0.5, 0.6) is 0 Å². The SMILES string of the molecule is O=C(CCC1CCNCC1)N1CCCCC1c1ccc(C(F)(F)F)cc1. The molecule has 0 radical (unpaired) electrons. The zero-order valence-corrected chi connectivity index (χ0v) is 15.0. The van der Waals surface area contributed by atoms with Crippen LogP contribution in [0.15, 0.2) is 24.3 Å². The van der Waals surface area contributed by atoms with Crippen LogP contribution in [0, 0.1) is 5.92 Å². The van der Waals surface area contributed by atoms with E-state index in [0.29, 0.717) is 18.9 Å². The number of rotatable bonds is 4. The average Bonchev–Trinajstić information content (AvgIpc) is 2.66. The molecular formula is C20H27F3N2O. The van der Waals surface area contributed by atoms with E-state index >= 15 is 0 Å². The third-order valence-corrected chi connectivity index (χ3v) is 5.67. The van der Waals surface area contributed by atoms with E-state index in [1.807, 2.05) is 4.90 Å². The topological polar surface area (TPSA) is 32.3 Å². The van der Waals surface area contributed by atoms with Crippen molar-refractivity contribution < 1.29 is 18.0 Å². The number of amides is 1. The first-order valence-electron chi connectivity index (χ1n) is 9.62. The highest BCUT2D eigenvalue weighted by Crippen LogP contribution is 2.35. The zero-order chi connectivity index (χ0) is 18.6. The number of hydrogen-bond acceptors (Lipinski definition) is 2. The Morgan fingerprint density at radius 2 is 1.77 bits per heavy atom. The Labute approximate surface area is 152 Å². The quantitative estimate of drug-likeness (QED) is 0.846. The van der Waals surface area contributed by atoms with Gasteiger partial charge in [-0.2, -0.15) is 13.2 Å². The second kappa shape index (κ2) is 8.42. The summed E-state index contributed by atoms with van der Waals surface area (Å²) in [6.45, 7) is 2.75. The molecule has 1 amide bonds. The standard InChI is InChI=1S/C20H27F3N2O/c21-20(22,23)17-7-5-16(6-8-17)18-3-1-2-14-25(18)19(26)9-4-15-10-12-24-13-11-15/h5-8,15,18,24H,1-4,9-14H2. The summed E-state index contributed by atoms with van der Waals surface area (Å²) < 4.78 is 38.3. The third-order valence-electron chi connectivity index (χ3n) is 5.67. The van der Waals surface area contributed by atoms with Crippen molar-refractivity contribution in [2.24, 2.45) is 5.92 Å². The Kier molecular flexibility index (Phi) is 6.22. The van der Waals surface area contributed by atoms with E-state index in [1.54, 1.807) is 0 Å². The number of carbonyl (C=O) groups excluding carboxylic acids is 1. The molecule has 26 heavy (non-hydrogen) atoms. The van der Waals surface area contributed by atoms with Crippen molar-refractivity contribution >= 4 is 5.91 Å². The molecule has 144 valence electrons. The molecule has 6 heteroatoms. The number of alkyl halides is 3. The molecular weight excluding hydrogens is 341 g/mol. The Bertz CT molecular complexity index is 594. The molecule has 3 nitrogen and oxygen atoms in total. The van der Waals surface area contributed by atoms with Gasteiger partial charge in [-0.25, -0.2) is 0 Å². The summed E-state index contributed by atoms with van der Waals surface area (Å²) in [7, 11) is 0. The minimum absolute atomic E-state index is 0.0912. The summed E-state index contributed by atoms with van der Waals surface area (Å²) in [6.07, 6.45) is 2.17. The number of halogens is 3. The third kappa shape index (κ3) is 4.78. The van der Waals surface area contributed by atoms with Crippen LogP contribution in [-0.2, 0) is 11.0 Å². The molecule has 0 spiro atoms. The van der Waals surface area contributed by atoms with Crippen LogP contribution in [0.4, 0.5) is 13.2 Å². The van der Waals surface area contributed by atoms with Gasteiger partial charge in [-0.1, -0.05) is 12.1 Å². The highest BCUT2D eigenvalue weighted by atomic mass is 19.4. The number of benzene rings is 1. The van der Waals surface area contributed by atoms with Crippen molar-refractivity contribution in [3.8, 4) is 0 Å². The van der Waals surface area contributed by atoms with E-state index in [-0.39, 0.29) is 11.9 Å². The zero-order valence-electron chi connectivity index (χ0n) is 15.0. The van der Waals surface area contributed by atoms with Crippen molar-refractivity contribution in [3.63, 3.8) is 0 Å². The van der Waals surface area contributed by atoms with Gasteiger partial charge in [0.25, 0.3) is 0 Å². The molecule has 0 saturated carbocycles. The van der Waals surface area contributed by atoms with Crippen LogP contribution in [0.2, 0.25) is 0 Å². The van der Waals surface area contributed by atoms with Crippen molar-refractivity contribution in [1.82, 2.24) is 10.2 Å². The van der Waals surface area contributed by atoms with Gasteiger partial charge in [0, 0.05) is 13.0 Å². The predicted octanol–water partition coefficient (Wildman–Crippen LogP) is 4.54. The van der Waals surface area contributed by atoms with Gasteiger partial charge in [0.05, 0.1) is 11.6 Å². The molecule has 1 N–H and O–H groups in total. The lowest BCUT2D eigenvalue weighted by molar-refractivity contribution is -0.138. The van der Waals surface area contributed by atoms with Crippen LogP contribution in [-0.4, -0.2) is 30.4 Å². The maximum absolute atomic E-state index is 12.8. The van der Waals surface area contributed by atoms with Gasteiger partial charge in [-0.15, -0.1) is 0 Å². The summed E-state index contributed by atoms with van der Waals surface area (Å²) in [5, 5.41) is 3.33. The van der Waals surface area contributed by atoms with Gasteiger partial charge in [0.1, 0.15) is 0 Å². The van der Waals surface area contributed by atoms with Crippen LogP contribution < -0.4 is 5.32 Å². The minimum atomic E-state index is -4.32. The fraction of sp³-hybridized carbons (Fsp3) is 0.650. The van der Waals surface area contributed by atoms with Gasteiger partial charge < -0.3 is 10.2 Å². The molecule has 1 aromatic rings. The van der Waals surface area contributed by atoms with Crippen molar-refractivity contribution in [3.05, 3.63) is 35.4 Å². The smallest absolute Gasteiger partial charge is 0.336 e. The van der Waals surface area contributed by atoms with Crippen molar-refractivity contribution in [2.45, 2.75) is 57.2 Å². The normalized spacial score (nSPS) is 22.4. The number of nitrogens with one attached hydrogen (secondary N) is 1. The lowest BCUT2D eigenvalue weighted by Gasteiger charge is -2.36. The number of carbonyl (C=O) groups is 1. The molecule has 0 aliphatic carbocycles. The summed E-state index contributed by atoms with van der Waals surface area (Å²) in [5.74, 6) is 0.752. The largest absolute Gasteiger partial charge is 0.416 e. The fourth-order valence-electron chi connectivity index (χ4n) is 4.11.